The number of nitrogens with zero attached hydrogens (tertiary/aromatic N) is 2. The molecule has 5 nitrogen and oxygen atoms in total. The lowest BCUT2D eigenvalue weighted by atomic mass is 10.1. The first-order valence-corrected chi connectivity index (χ1v) is 8.48. The number of hydrogen-bond donors (Lipinski definition) is 3. The molecule has 26 heavy (non-hydrogen) atoms. The Labute approximate surface area is 149 Å². The maximum absolute atomic E-state index is 13.1. The van der Waals surface area contributed by atoms with Gasteiger partial charge >= 0.3 is 6.18 Å². The lowest BCUT2D eigenvalue weighted by Crippen LogP contribution is -2.21. The summed E-state index contributed by atoms with van der Waals surface area (Å²) in [5, 5.41) is 15.2. The van der Waals surface area contributed by atoms with Crippen LogP contribution in [-0.4, -0.2) is 27.7 Å². The van der Waals surface area contributed by atoms with Crippen molar-refractivity contribution in [3.05, 3.63) is 41.1 Å². The summed E-state index contributed by atoms with van der Waals surface area (Å²) in [7, 11) is 0. The highest BCUT2D eigenvalue weighted by Gasteiger charge is 2.33. The minimum Gasteiger partial charge on any atom is -0.394 e. The molecule has 1 fully saturated rings. The highest BCUT2D eigenvalue weighted by Crippen LogP contribution is 2.40. The molecule has 0 amide bonds. The molecule has 1 aliphatic carbocycles. The molecule has 0 saturated heterocycles. The average molecular weight is 366 g/mol. The van der Waals surface area contributed by atoms with Crippen LogP contribution in [0.5, 0.6) is 0 Å². The van der Waals surface area contributed by atoms with Crippen LogP contribution in [0.2, 0.25) is 0 Å². The van der Waals surface area contributed by atoms with E-state index in [0.29, 0.717) is 23.4 Å². The van der Waals surface area contributed by atoms with Gasteiger partial charge in [-0.3, -0.25) is 0 Å². The van der Waals surface area contributed by atoms with Gasteiger partial charge in [0.1, 0.15) is 5.82 Å². The van der Waals surface area contributed by atoms with Crippen LogP contribution >= 0.6 is 0 Å². The van der Waals surface area contributed by atoms with E-state index in [-0.39, 0.29) is 18.2 Å². The van der Waals surface area contributed by atoms with Gasteiger partial charge in [0.25, 0.3) is 0 Å². The monoisotopic (exact) mass is 366 g/mol. The maximum Gasteiger partial charge on any atom is 0.416 e. The minimum atomic E-state index is -4.41. The van der Waals surface area contributed by atoms with Crippen molar-refractivity contribution in [3.8, 4) is 0 Å². The number of aliphatic hydroxyl groups excluding tert-OH is 1. The van der Waals surface area contributed by atoms with E-state index in [1.54, 1.807) is 19.1 Å². The van der Waals surface area contributed by atoms with Crippen LogP contribution in [0.25, 0.3) is 0 Å². The van der Waals surface area contributed by atoms with Gasteiger partial charge in [0, 0.05) is 23.7 Å². The Morgan fingerprint density at radius 3 is 2.62 bits per heavy atom. The molecule has 8 heteroatoms. The zero-order valence-electron chi connectivity index (χ0n) is 14.6. The van der Waals surface area contributed by atoms with E-state index < -0.39 is 11.7 Å². The molecular formula is C18H21F3N4O. The summed E-state index contributed by atoms with van der Waals surface area (Å²) >= 11 is 0. The SMILES string of the molecule is Cc1c(Nc2cc(C3CC3)nc(N[C@H](C)CO)n2)cccc1C(F)(F)F. The summed E-state index contributed by atoms with van der Waals surface area (Å²) in [6.45, 7) is 3.14. The minimum absolute atomic E-state index is 0.0769. The number of aromatic nitrogens is 2. The van der Waals surface area contributed by atoms with Crippen LogP contribution in [0, 0.1) is 6.92 Å². The lowest BCUT2D eigenvalue weighted by molar-refractivity contribution is -0.138. The molecule has 1 heterocycles. The molecule has 3 N–H and O–H groups in total. The Bertz CT molecular complexity index is 790. The zero-order chi connectivity index (χ0) is 18.9. The summed E-state index contributed by atoms with van der Waals surface area (Å²) in [6, 6.07) is 5.56. The van der Waals surface area contributed by atoms with Crippen molar-refractivity contribution in [1.82, 2.24) is 9.97 Å². The second kappa shape index (κ2) is 7.11. The Balaban J connectivity index is 1.92. The Morgan fingerprint density at radius 1 is 1.27 bits per heavy atom. The van der Waals surface area contributed by atoms with Gasteiger partial charge < -0.3 is 15.7 Å². The van der Waals surface area contributed by atoms with E-state index >= 15 is 0 Å². The lowest BCUT2D eigenvalue weighted by Gasteiger charge is -2.17. The summed E-state index contributed by atoms with van der Waals surface area (Å²) in [5.41, 5.74) is 0.636. The number of halogens is 3. The third-order valence-electron chi connectivity index (χ3n) is 4.29. The van der Waals surface area contributed by atoms with Gasteiger partial charge in [-0.05, 0) is 44.4 Å². The predicted molar refractivity (Wildman–Crippen MR) is 93.6 cm³/mol. The van der Waals surface area contributed by atoms with Gasteiger partial charge in [-0.25, -0.2) is 4.98 Å². The first-order valence-electron chi connectivity index (χ1n) is 8.48. The quantitative estimate of drug-likeness (QED) is 0.714. The van der Waals surface area contributed by atoms with Gasteiger partial charge in [-0.1, -0.05) is 6.07 Å². The van der Waals surface area contributed by atoms with Gasteiger partial charge in [0.2, 0.25) is 5.95 Å². The van der Waals surface area contributed by atoms with Crippen LogP contribution in [0.4, 0.5) is 30.6 Å². The fourth-order valence-electron chi connectivity index (χ4n) is 2.66. The standard InChI is InChI=1S/C18H21F3N4O/c1-10(9-26)22-17-24-15(12-6-7-12)8-16(25-17)23-14-5-3-4-13(11(14)2)18(19,20)21/h3-5,8,10,12,26H,6-7,9H2,1-2H3,(H2,22,23,24,25)/t10-/m1/s1. The summed E-state index contributed by atoms with van der Waals surface area (Å²) in [6.07, 6.45) is -2.34. The number of benzene rings is 1. The summed E-state index contributed by atoms with van der Waals surface area (Å²) < 4.78 is 39.3. The van der Waals surface area contributed by atoms with Gasteiger partial charge in [0.05, 0.1) is 17.9 Å². The van der Waals surface area contributed by atoms with Crippen molar-refractivity contribution in [2.75, 3.05) is 17.2 Å². The molecule has 1 aromatic heterocycles. The van der Waals surface area contributed by atoms with E-state index in [1.807, 2.05) is 0 Å². The number of rotatable bonds is 6. The topological polar surface area (TPSA) is 70.1 Å². The molecule has 0 spiro atoms. The number of anilines is 3. The number of alkyl halides is 3. The Kier molecular flexibility index (Phi) is 5.04. The van der Waals surface area contributed by atoms with Gasteiger partial charge in [-0.2, -0.15) is 18.2 Å². The van der Waals surface area contributed by atoms with Crippen molar-refractivity contribution in [2.24, 2.45) is 0 Å². The molecule has 1 aromatic carbocycles. The first-order chi connectivity index (χ1) is 12.3. The number of nitrogens with one attached hydrogen (secondary N) is 2. The van der Waals surface area contributed by atoms with Crippen molar-refractivity contribution in [2.45, 2.75) is 44.8 Å². The smallest absolute Gasteiger partial charge is 0.394 e. The van der Waals surface area contributed by atoms with Crippen LogP contribution < -0.4 is 10.6 Å². The van der Waals surface area contributed by atoms with Crippen molar-refractivity contribution in [3.63, 3.8) is 0 Å². The van der Waals surface area contributed by atoms with Crippen molar-refractivity contribution < 1.29 is 18.3 Å². The van der Waals surface area contributed by atoms with Crippen LogP contribution in [0.15, 0.2) is 24.3 Å². The van der Waals surface area contributed by atoms with Crippen LogP contribution in [-0.2, 0) is 6.18 Å². The molecule has 1 saturated carbocycles. The fourth-order valence-corrected chi connectivity index (χ4v) is 2.66. The zero-order valence-corrected chi connectivity index (χ0v) is 14.6. The molecule has 140 valence electrons. The fraction of sp³-hybridized carbons (Fsp3) is 0.444. The van der Waals surface area contributed by atoms with Gasteiger partial charge in [0.15, 0.2) is 0 Å². The maximum atomic E-state index is 13.1. The van der Waals surface area contributed by atoms with E-state index in [2.05, 4.69) is 20.6 Å². The van der Waals surface area contributed by atoms with E-state index in [1.165, 1.54) is 13.0 Å². The molecule has 1 aliphatic rings. The Morgan fingerprint density at radius 2 is 2.00 bits per heavy atom. The van der Waals surface area contributed by atoms with Crippen LogP contribution in [0.3, 0.4) is 0 Å². The summed E-state index contributed by atoms with van der Waals surface area (Å²) in [5.74, 6) is 1.13. The molecule has 3 rings (SSSR count). The average Bonchev–Trinajstić information content (AvgIpc) is 3.40. The van der Waals surface area contributed by atoms with Crippen molar-refractivity contribution >= 4 is 17.5 Å². The Hall–Kier alpha value is -2.35. The largest absolute Gasteiger partial charge is 0.416 e. The second-order valence-electron chi connectivity index (χ2n) is 6.60. The molecule has 1 atom stereocenters. The predicted octanol–water partition coefficient (Wildman–Crippen LogP) is 4.22. The molecule has 0 aliphatic heterocycles. The second-order valence-corrected chi connectivity index (χ2v) is 6.60. The number of aliphatic hydroxyl groups is 1. The molecular weight excluding hydrogens is 345 g/mol. The molecule has 0 radical (unpaired) electrons. The highest BCUT2D eigenvalue weighted by molar-refractivity contribution is 5.63. The summed E-state index contributed by atoms with van der Waals surface area (Å²) in [4.78, 5) is 8.78. The number of hydrogen-bond acceptors (Lipinski definition) is 5. The van der Waals surface area contributed by atoms with E-state index in [4.69, 9.17) is 0 Å². The normalized spacial score (nSPS) is 15.6. The van der Waals surface area contributed by atoms with E-state index in [9.17, 15) is 18.3 Å². The first kappa shape index (κ1) is 18.4. The molecule has 2 aromatic rings. The highest BCUT2D eigenvalue weighted by atomic mass is 19.4. The molecule has 0 bridgehead atoms. The third kappa shape index (κ3) is 4.24. The van der Waals surface area contributed by atoms with Crippen molar-refractivity contribution in [1.29, 1.82) is 0 Å². The third-order valence-corrected chi connectivity index (χ3v) is 4.29. The van der Waals surface area contributed by atoms with Crippen LogP contribution in [0.1, 0.15) is 42.5 Å². The van der Waals surface area contributed by atoms with E-state index in [0.717, 1.165) is 24.6 Å². The van der Waals surface area contributed by atoms with Gasteiger partial charge in [-0.15, -0.1) is 0 Å². The molecule has 0 unspecified atom stereocenters.